The molecule has 5 heteroatoms. The summed E-state index contributed by atoms with van der Waals surface area (Å²) in [6.45, 7) is 5.65. The van der Waals surface area contributed by atoms with Crippen LogP contribution in [0.1, 0.15) is 0 Å². The molecule has 1 fully saturated rings. The average Bonchev–Trinajstić information content (AvgIpc) is 2.88. The van der Waals surface area contributed by atoms with Gasteiger partial charge in [0.1, 0.15) is 0 Å². The highest BCUT2D eigenvalue weighted by Gasteiger charge is 2.10. The number of H-pyrrole nitrogens is 1. The van der Waals surface area contributed by atoms with Crippen molar-refractivity contribution >= 4 is 12.2 Å². The maximum atomic E-state index is 5.40. The Morgan fingerprint density at radius 2 is 1.85 bits per heavy atom. The molecule has 0 bridgehead atoms. The summed E-state index contributed by atoms with van der Waals surface area (Å²) in [7, 11) is 0. The van der Waals surface area contributed by atoms with E-state index in [1.807, 2.05) is 18.2 Å². The minimum absolute atomic E-state index is 0.789. The van der Waals surface area contributed by atoms with Crippen molar-refractivity contribution in [2.45, 2.75) is 6.54 Å². The van der Waals surface area contributed by atoms with Crippen LogP contribution in [-0.2, 0) is 11.3 Å². The molecule has 2 heterocycles. The Morgan fingerprint density at radius 3 is 2.60 bits per heavy atom. The van der Waals surface area contributed by atoms with Crippen LogP contribution in [0, 0.1) is 4.77 Å². The van der Waals surface area contributed by atoms with Gasteiger partial charge in [0.2, 0.25) is 0 Å². The number of ether oxygens (including phenoxy) is 1. The Balaban J connectivity index is 1.68. The summed E-state index contributed by atoms with van der Waals surface area (Å²) in [6.07, 6.45) is 2.11. The van der Waals surface area contributed by atoms with E-state index in [9.17, 15) is 0 Å². The molecule has 3 rings (SSSR count). The molecular formula is C15H19N3OS. The van der Waals surface area contributed by atoms with E-state index in [2.05, 4.69) is 32.8 Å². The second-order valence-electron chi connectivity index (χ2n) is 4.99. The topological polar surface area (TPSA) is 33.2 Å². The van der Waals surface area contributed by atoms with Crippen LogP contribution in [0.25, 0.3) is 11.3 Å². The number of aromatic nitrogens is 2. The van der Waals surface area contributed by atoms with Crippen molar-refractivity contribution in [3.8, 4) is 11.3 Å². The van der Waals surface area contributed by atoms with Gasteiger partial charge in [-0.2, -0.15) is 0 Å². The number of hydrogen-bond acceptors (Lipinski definition) is 3. The van der Waals surface area contributed by atoms with Gasteiger partial charge in [-0.05, 0) is 17.8 Å². The van der Waals surface area contributed by atoms with Crippen LogP contribution in [-0.4, -0.2) is 47.3 Å². The van der Waals surface area contributed by atoms with E-state index >= 15 is 0 Å². The van der Waals surface area contributed by atoms with E-state index in [0.29, 0.717) is 0 Å². The van der Waals surface area contributed by atoms with E-state index < -0.39 is 0 Å². The zero-order valence-electron chi connectivity index (χ0n) is 11.4. The van der Waals surface area contributed by atoms with E-state index in [-0.39, 0.29) is 0 Å². The number of benzene rings is 1. The number of aromatic amines is 1. The van der Waals surface area contributed by atoms with Crippen LogP contribution >= 0.6 is 12.2 Å². The van der Waals surface area contributed by atoms with Crippen LogP contribution in [0.15, 0.2) is 36.5 Å². The molecule has 106 valence electrons. The molecule has 1 aromatic carbocycles. The fourth-order valence-electron chi connectivity index (χ4n) is 2.44. The summed E-state index contributed by atoms with van der Waals surface area (Å²) in [5, 5.41) is 0. The largest absolute Gasteiger partial charge is 0.379 e. The van der Waals surface area contributed by atoms with Crippen LogP contribution in [0.5, 0.6) is 0 Å². The third-order valence-electron chi connectivity index (χ3n) is 3.63. The SMILES string of the molecule is S=c1[nH]c(-c2ccccc2)cn1CCN1CCOCC1. The molecule has 1 aliphatic heterocycles. The van der Waals surface area contributed by atoms with Gasteiger partial charge in [-0.25, -0.2) is 0 Å². The summed E-state index contributed by atoms with van der Waals surface area (Å²) in [4.78, 5) is 5.70. The van der Waals surface area contributed by atoms with Crippen molar-refractivity contribution < 1.29 is 4.74 Å². The van der Waals surface area contributed by atoms with Crippen molar-refractivity contribution in [1.29, 1.82) is 0 Å². The molecule has 1 saturated heterocycles. The zero-order valence-corrected chi connectivity index (χ0v) is 12.2. The van der Waals surface area contributed by atoms with Crippen LogP contribution < -0.4 is 0 Å². The minimum Gasteiger partial charge on any atom is -0.379 e. The number of imidazole rings is 1. The maximum absolute atomic E-state index is 5.40. The van der Waals surface area contributed by atoms with Crippen LogP contribution in [0.4, 0.5) is 0 Å². The summed E-state index contributed by atoms with van der Waals surface area (Å²) in [5.74, 6) is 0. The molecule has 0 radical (unpaired) electrons. The van der Waals surface area contributed by atoms with Crippen molar-refractivity contribution in [2.75, 3.05) is 32.8 Å². The Labute approximate surface area is 124 Å². The highest BCUT2D eigenvalue weighted by Crippen LogP contribution is 2.16. The molecule has 0 spiro atoms. The molecule has 4 nitrogen and oxygen atoms in total. The fourth-order valence-corrected chi connectivity index (χ4v) is 2.69. The highest BCUT2D eigenvalue weighted by atomic mass is 32.1. The lowest BCUT2D eigenvalue weighted by atomic mass is 10.2. The van der Waals surface area contributed by atoms with Gasteiger partial charge in [0.05, 0.1) is 18.9 Å². The molecule has 0 atom stereocenters. The molecule has 0 aliphatic carbocycles. The number of hydrogen-bond donors (Lipinski definition) is 1. The molecule has 0 saturated carbocycles. The Bertz CT molecular complexity index is 599. The monoisotopic (exact) mass is 289 g/mol. The maximum Gasteiger partial charge on any atom is 0.177 e. The van der Waals surface area contributed by atoms with Gasteiger partial charge < -0.3 is 14.3 Å². The predicted octanol–water partition coefficient (Wildman–Crippen LogP) is 2.54. The van der Waals surface area contributed by atoms with Gasteiger partial charge in [-0.15, -0.1) is 0 Å². The van der Waals surface area contributed by atoms with Gasteiger partial charge >= 0.3 is 0 Å². The van der Waals surface area contributed by atoms with Gasteiger partial charge in [-0.3, -0.25) is 4.90 Å². The minimum atomic E-state index is 0.789. The van der Waals surface area contributed by atoms with E-state index in [4.69, 9.17) is 17.0 Å². The summed E-state index contributed by atoms with van der Waals surface area (Å²) < 4.78 is 8.27. The van der Waals surface area contributed by atoms with Crippen LogP contribution in [0.2, 0.25) is 0 Å². The van der Waals surface area contributed by atoms with Gasteiger partial charge in [0.25, 0.3) is 0 Å². The number of nitrogens with zero attached hydrogens (tertiary/aromatic N) is 2. The lowest BCUT2D eigenvalue weighted by Crippen LogP contribution is -2.38. The summed E-state index contributed by atoms with van der Waals surface area (Å²) in [5.41, 5.74) is 2.25. The molecule has 0 unspecified atom stereocenters. The fraction of sp³-hybridized carbons (Fsp3) is 0.400. The van der Waals surface area contributed by atoms with Gasteiger partial charge in [0.15, 0.2) is 4.77 Å². The van der Waals surface area contributed by atoms with Crippen molar-refractivity contribution in [1.82, 2.24) is 14.5 Å². The molecule has 1 N–H and O–H groups in total. The Kier molecular flexibility index (Phi) is 4.30. The average molecular weight is 289 g/mol. The molecular weight excluding hydrogens is 270 g/mol. The first kappa shape index (κ1) is 13.5. The van der Waals surface area contributed by atoms with Crippen molar-refractivity contribution in [2.24, 2.45) is 0 Å². The normalized spacial score (nSPS) is 16.4. The third kappa shape index (κ3) is 3.17. The third-order valence-corrected chi connectivity index (χ3v) is 3.97. The predicted molar refractivity (Wildman–Crippen MR) is 82.3 cm³/mol. The Morgan fingerprint density at radius 1 is 1.10 bits per heavy atom. The van der Waals surface area contributed by atoms with Crippen molar-refractivity contribution in [3.05, 3.63) is 41.3 Å². The van der Waals surface area contributed by atoms with Crippen molar-refractivity contribution in [3.63, 3.8) is 0 Å². The first-order valence-corrected chi connectivity index (χ1v) is 7.39. The smallest absolute Gasteiger partial charge is 0.177 e. The van der Waals surface area contributed by atoms with Gasteiger partial charge in [-0.1, -0.05) is 30.3 Å². The standard InChI is InChI=1S/C15H19N3OS/c20-15-16-14(13-4-2-1-3-5-13)12-18(15)7-6-17-8-10-19-11-9-17/h1-5,12H,6-11H2,(H,16,20). The number of rotatable bonds is 4. The second kappa shape index (κ2) is 6.35. The molecule has 0 amide bonds. The number of nitrogens with one attached hydrogen (secondary N) is 1. The molecule has 1 aromatic heterocycles. The van der Waals surface area contributed by atoms with Gasteiger partial charge in [0, 0.05) is 32.4 Å². The first-order valence-electron chi connectivity index (χ1n) is 6.98. The lowest BCUT2D eigenvalue weighted by Gasteiger charge is -2.26. The van der Waals surface area contributed by atoms with E-state index in [1.54, 1.807) is 0 Å². The summed E-state index contributed by atoms with van der Waals surface area (Å²) in [6, 6.07) is 10.3. The molecule has 2 aromatic rings. The number of morpholine rings is 1. The zero-order chi connectivity index (χ0) is 13.8. The summed E-state index contributed by atoms with van der Waals surface area (Å²) >= 11 is 5.40. The molecule has 20 heavy (non-hydrogen) atoms. The lowest BCUT2D eigenvalue weighted by molar-refractivity contribution is 0.0363. The van der Waals surface area contributed by atoms with E-state index in [1.165, 1.54) is 5.56 Å². The highest BCUT2D eigenvalue weighted by molar-refractivity contribution is 7.71. The van der Waals surface area contributed by atoms with Crippen LogP contribution in [0.3, 0.4) is 0 Å². The first-order chi connectivity index (χ1) is 9.83. The molecule has 1 aliphatic rings. The second-order valence-corrected chi connectivity index (χ2v) is 5.37. The quantitative estimate of drug-likeness (QED) is 0.878. The Hall–Kier alpha value is -1.43. The van der Waals surface area contributed by atoms with E-state index in [0.717, 1.165) is 49.9 Å².